The Morgan fingerprint density at radius 2 is 2.09 bits per heavy atom. The van der Waals surface area contributed by atoms with Gasteiger partial charge in [0.05, 0.1) is 19.8 Å². The molecule has 0 fully saturated rings. The van der Waals surface area contributed by atoms with Gasteiger partial charge in [0.15, 0.2) is 0 Å². The first-order valence-corrected chi connectivity index (χ1v) is 8.03. The van der Waals surface area contributed by atoms with Crippen LogP contribution in [0.25, 0.3) is 10.9 Å². The van der Waals surface area contributed by atoms with Crippen molar-refractivity contribution in [1.29, 1.82) is 0 Å². The van der Waals surface area contributed by atoms with E-state index < -0.39 is 0 Å². The first kappa shape index (κ1) is 17.8. The van der Waals surface area contributed by atoms with E-state index in [1.807, 2.05) is 12.1 Å². The number of benzene rings is 1. The zero-order valence-corrected chi connectivity index (χ0v) is 14.5. The number of methoxy groups -OCH3 is 1. The van der Waals surface area contributed by atoms with E-state index >= 15 is 0 Å². The molecular weight excluding hydrogens is 316 g/mol. The summed E-state index contributed by atoms with van der Waals surface area (Å²) in [7, 11) is 1.59. The molecule has 1 amide bonds. The van der Waals surface area contributed by atoms with Crippen molar-refractivity contribution in [2.45, 2.75) is 26.3 Å². The van der Waals surface area contributed by atoms with E-state index in [9.17, 15) is 4.79 Å². The average Bonchev–Trinajstić information content (AvgIpc) is 2.90. The minimum atomic E-state index is -0.152. The van der Waals surface area contributed by atoms with Gasteiger partial charge in [-0.3, -0.25) is 4.79 Å². The van der Waals surface area contributed by atoms with Crippen LogP contribution in [0.1, 0.15) is 31.0 Å². The average molecular weight is 339 g/mol. The van der Waals surface area contributed by atoms with Gasteiger partial charge in [-0.05, 0) is 29.7 Å². The number of aromatic nitrogens is 1. The lowest BCUT2D eigenvalue weighted by molar-refractivity contribution is -0.126. The van der Waals surface area contributed by atoms with Gasteiger partial charge >= 0.3 is 0 Å². The van der Waals surface area contributed by atoms with Gasteiger partial charge in [-0.2, -0.15) is 0 Å². The number of hydrogen-bond acceptors (Lipinski definition) is 3. The molecule has 0 aliphatic heterocycles. The molecule has 6 heteroatoms. The zero-order chi connectivity index (χ0) is 16.8. The van der Waals surface area contributed by atoms with Gasteiger partial charge in [0.1, 0.15) is 6.61 Å². The van der Waals surface area contributed by atoms with Crippen LogP contribution in [0.5, 0.6) is 0 Å². The molecule has 0 aliphatic rings. The Kier molecular flexibility index (Phi) is 6.45. The van der Waals surface area contributed by atoms with Crippen molar-refractivity contribution in [3.63, 3.8) is 0 Å². The topological polar surface area (TPSA) is 63.4 Å². The molecule has 0 spiro atoms. The second-order valence-corrected chi connectivity index (χ2v) is 6.14. The van der Waals surface area contributed by atoms with E-state index in [0.717, 1.165) is 27.2 Å². The monoisotopic (exact) mass is 338 g/mol. The first-order chi connectivity index (χ1) is 11.0. The smallest absolute Gasteiger partial charge is 0.246 e. The Hall–Kier alpha value is -1.56. The van der Waals surface area contributed by atoms with E-state index in [1.165, 1.54) is 0 Å². The Bertz CT molecular complexity index is 667. The van der Waals surface area contributed by atoms with Crippen molar-refractivity contribution in [3.8, 4) is 0 Å². The molecule has 0 unspecified atom stereocenters. The Morgan fingerprint density at radius 1 is 1.30 bits per heavy atom. The third kappa shape index (κ3) is 4.96. The molecule has 0 aliphatic carbocycles. The lowest BCUT2D eigenvalue weighted by Crippen LogP contribution is -2.27. The van der Waals surface area contributed by atoms with Crippen molar-refractivity contribution >= 4 is 28.4 Å². The van der Waals surface area contributed by atoms with Gasteiger partial charge in [-0.25, -0.2) is 0 Å². The van der Waals surface area contributed by atoms with E-state index in [1.54, 1.807) is 7.11 Å². The van der Waals surface area contributed by atoms with Crippen LogP contribution in [0.15, 0.2) is 18.2 Å². The van der Waals surface area contributed by atoms with Gasteiger partial charge in [0.25, 0.3) is 0 Å². The number of ether oxygens (including phenoxy) is 2. The Labute approximate surface area is 141 Å². The lowest BCUT2D eigenvalue weighted by Gasteiger charge is -2.07. The Morgan fingerprint density at radius 3 is 2.78 bits per heavy atom. The highest BCUT2D eigenvalue weighted by Gasteiger charge is 2.10. The molecule has 23 heavy (non-hydrogen) atoms. The fourth-order valence-electron chi connectivity index (χ4n) is 2.32. The van der Waals surface area contributed by atoms with Crippen molar-refractivity contribution in [2.24, 2.45) is 0 Å². The number of fused-ring (bicyclic) bond motifs is 1. The maximum absolute atomic E-state index is 11.7. The number of carbonyl (C=O) groups is 1. The summed E-state index contributed by atoms with van der Waals surface area (Å²) in [6.07, 6.45) is 0. The van der Waals surface area contributed by atoms with Crippen LogP contribution in [-0.2, 0) is 20.8 Å². The van der Waals surface area contributed by atoms with E-state index in [-0.39, 0.29) is 12.5 Å². The van der Waals surface area contributed by atoms with Crippen molar-refractivity contribution < 1.29 is 14.3 Å². The summed E-state index contributed by atoms with van der Waals surface area (Å²) >= 11 is 6.31. The summed E-state index contributed by atoms with van der Waals surface area (Å²) in [5.74, 6) is 0.211. The molecule has 0 radical (unpaired) electrons. The molecule has 2 N–H and O–H groups in total. The van der Waals surface area contributed by atoms with Gasteiger partial charge in [-0.1, -0.05) is 25.4 Å². The predicted octanol–water partition coefficient (Wildman–Crippen LogP) is 3.22. The number of H-pyrrole nitrogens is 1. The zero-order valence-electron chi connectivity index (χ0n) is 13.7. The van der Waals surface area contributed by atoms with E-state index in [4.69, 9.17) is 21.1 Å². The molecule has 126 valence electrons. The number of aromatic amines is 1. The number of hydrogen-bond donors (Lipinski definition) is 2. The van der Waals surface area contributed by atoms with E-state index in [2.05, 4.69) is 30.2 Å². The molecule has 0 bridgehead atoms. The summed E-state index contributed by atoms with van der Waals surface area (Å²) in [4.78, 5) is 15.0. The quantitative estimate of drug-likeness (QED) is 0.726. The number of halogens is 1. The van der Waals surface area contributed by atoms with Crippen LogP contribution in [0.2, 0.25) is 5.02 Å². The first-order valence-electron chi connectivity index (χ1n) is 7.65. The summed E-state index contributed by atoms with van der Waals surface area (Å²) in [6.45, 7) is 5.57. The fourth-order valence-corrected chi connectivity index (χ4v) is 2.71. The molecule has 0 saturated carbocycles. The fraction of sp³-hybridized carbons (Fsp3) is 0.471. The van der Waals surface area contributed by atoms with Crippen LogP contribution in [0, 0.1) is 0 Å². The molecular formula is C17H23ClN2O3. The standard InChI is InChI=1S/C17H23ClN2O3/c1-11(2)14-8-16-12(7-15(14)18)6-13(20-16)9-19-17(21)10-23-5-4-22-3/h6-8,11,20H,4-5,9-10H2,1-3H3,(H,19,21). The highest BCUT2D eigenvalue weighted by atomic mass is 35.5. The SMILES string of the molecule is COCCOCC(=O)NCc1cc2cc(Cl)c(C(C)C)cc2[nH]1. The van der Waals surface area contributed by atoms with E-state index in [0.29, 0.717) is 25.7 Å². The molecule has 2 aromatic rings. The summed E-state index contributed by atoms with van der Waals surface area (Å²) in [6, 6.07) is 6.03. The summed E-state index contributed by atoms with van der Waals surface area (Å²) in [5.41, 5.74) is 3.07. The summed E-state index contributed by atoms with van der Waals surface area (Å²) in [5, 5.41) is 4.63. The molecule has 0 atom stereocenters. The third-order valence-electron chi connectivity index (χ3n) is 3.56. The highest BCUT2D eigenvalue weighted by Crippen LogP contribution is 2.29. The molecule has 0 saturated heterocycles. The largest absolute Gasteiger partial charge is 0.382 e. The van der Waals surface area contributed by atoms with Crippen LogP contribution in [-0.4, -0.2) is 37.8 Å². The van der Waals surface area contributed by atoms with Crippen LogP contribution < -0.4 is 5.32 Å². The second kappa shape index (κ2) is 8.34. The van der Waals surface area contributed by atoms with Crippen LogP contribution >= 0.6 is 11.6 Å². The van der Waals surface area contributed by atoms with Gasteiger partial charge in [0, 0.05) is 28.7 Å². The van der Waals surface area contributed by atoms with Crippen LogP contribution in [0.4, 0.5) is 0 Å². The molecule has 1 aromatic heterocycles. The second-order valence-electron chi connectivity index (χ2n) is 5.73. The van der Waals surface area contributed by atoms with Crippen molar-refractivity contribution in [2.75, 3.05) is 26.9 Å². The van der Waals surface area contributed by atoms with Crippen LogP contribution in [0.3, 0.4) is 0 Å². The highest BCUT2D eigenvalue weighted by molar-refractivity contribution is 6.32. The van der Waals surface area contributed by atoms with Crippen molar-refractivity contribution in [1.82, 2.24) is 10.3 Å². The Balaban J connectivity index is 1.95. The minimum Gasteiger partial charge on any atom is -0.382 e. The van der Waals surface area contributed by atoms with Gasteiger partial charge < -0.3 is 19.8 Å². The summed E-state index contributed by atoms with van der Waals surface area (Å²) < 4.78 is 10.0. The normalized spacial score (nSPS) is 11.3. The number of rotatable bonds is 8. The minimum absolute atomic E-state index is 0.0346. The number of nitrogens with one attached hydrogen (secondary N) is 2. The van der Waals surface area contributed by atoms with Gasteiger partial charge in [-0.15, -0.1) is 0 Å². The predicted molar refractivity (Wildman–Crippen MR) is 91.9 cm³/mol. The molecule has 1 aromatic carbocycles. The van der Waals surface area contributed by atoms with Gasteiger partial charge in [0.2, 0.25) is 5.91 Å². The molecule has 5 nitrogen and oxygen atoms in total. The van der Waals surface area contributed by atoms with Crippen molar-refractivity contribution in [3.05, 3.63) is 34.5 Å². The number of carbonyl (C=O) groups excluding carboxylic acids is 1. The molecule has 2 rings (SSSR count). The molecule has 1 heterocycles. The maximum Gasteiger partial charge on any atom is 0.246 e. The maximum atomic E-state index is 11.7. The number of amides is 1. The third-order valence-corrected chi connectivity index (χ3v) is 3.88. The lowest BCUT2D eigenvalue weighted by atomic mass is 10.0.